The van der Waals surface area contributed by atoms with Gasteiger partial charge in [0.15, 0.2) is 0 Å². The van der Waals surface area contributed by atoms with Crippen molar-refractivity contribution in [2.75, 3.05) is 12.3 Å². The minimum atomic E-state index is -0.493. The van der Waals surface area contributed by atoms with Crippen molar-refractivity contribution in [3.05, 3.63) is 23.9 Å². The number of carbonyl (C=O) groups excluding carboxylic acids is 2. The lowest BCUT2D eigenvalue weighted by Gasteiger charge is -2.38. The summed E-state index contributed by atoms with van der Waals surface area (Å²) in [6.45, 7) is 5.12. The molecular formula is C24H39N5O2. The highest BCUT2D eigenvalue weighted by atomic mass is 16.2. The summed E-state index contributed by atoms with van der Waals surface area (Å²) in [6, 6.07) is 3.89. The van der Waals surface area contributed by atoms with E-state index in [1.165, 1.54) is 25.7 Å². The van der Waals surface area contributed by atoms with Crippen LogP contribution in [0.3, 0.4) is 0 Å². The van der Waals surface area contributed by atoms with Gasteiger partial charge < -0.3 is 16.4 Å². The lowest BCUT2D eigenvalue weighted by Crippen LogP contribution is -2.53. The van der Waals surface area contributed by atoms with E-state index in [1.54, 1.807) is 12.3 Å². The first-order chi connectivity index (χ1) is 14.9. The number of nitrogens with two attached hydrogens (primary N) is 1. The van der Waals surface area contributed by atoms with Crippen LogP contribution in [-0.2, 0) is 16.1 Å². The van der Waals surface area contributed by atoms with Crippen molar-refractivity contribution in [3.8, 4) is 0 Å². The van der Waals surface area contributed by atoms with Crippen molar-refractivity contribution >= 4 is 17.6 Å². The van der Waals surface area contributed by atoms with Gasteiger partial charge in [-0.15, -0.1) is 0 Å². The fraction of sp³-hybridized carbons (Fsp3) is 0.708. The third-order valence-corrected chi connectivity index (χ3v) is 6.96. The summed E-state index contributed by atoms with van der Waals surface area (Å²) in [5.41, 5.74) is 6.53. The summed E-state index contributed by atoms with van der Waals surface area (Å²) in [7, 11) is 0. The van der Waals surface area contributed by atoms with Crippen molar-refractivity contribution in [2.24, 2.45) is 5.92 Å². The van der Waals surface area contributed by atoms with E-state index in [2.05, 4.69) is 34.4 Å². The smallest absolute Gasteiger partial charge is 0.242 e. The minimum Gasteiger partial charge on any atom is -0.384 e. The van der Waals surface area contributed by atoms with Gasteiger partial charge in [-0.25, -0.2) is 4.98 Å². The molecule has 4 N–H and O–H groups in total. The van der Waals surface area contributed by atoms with Crippen LogP contribution in [-0.4, -0.2) is 46.4 Å². The summed E-state index contributed by atoms with van der Waals surface area (Å²) in [4.78, 5) is 32.3. The largest absolute Gasteiger partial charge is 0.384 e. The molecule has 0 aromatic carbocycles. The predicted octanol–water partition coefficient (Wildman–Crippen LogP) is 3.00. The SMILES string of the molecule is CC1CCCC(C)N1CC(=O)N[C@@H](CC1CCCCC1)C(=O)NCc1ccc(N)nc1. The summed E-state index contributed by atoms with van der Waals surface area (Å²) < 4.78 is 0. The number of nitrogens with one attached hydrogen (secondary N) is 2. The van der Waals surface area contributed by atoms with Crippen LogP contribution in [0, 0.1) is 5.92 Å². The number of pyridine rings is 1. The van der Waals surface area contributed by atoms with Crippen LogP contribution in [0.5, 0.6) is 0 Å². The number of carbonyl (C=O) groups is 2. The van der Waals surface area contributed by atoms with Gasteiger partial charge in [0.25, 0.3) is 0 Å². The number of nitrogens with zero attached hydrogens (tertiary/aromatic N) is 2. The van der Waals surface area contributed by atoms with Gasteiger partial charge in [-0.05, 0) is 50.7 Å². The standard InChI is InChI=1S/C24H39N5O2/c1-17-7-6-8-18(2)29(17)16-23(30)28-21(13-19-9-4-3-5-10-19)24(31)27-15-20-11-12-22(25)26-14-20/h11-12,14,17-19,21H,3-10,13,15-16H2,1-2H3,(H2,25,26)(H,27,31)(H,28,30)/t17?,18?,21-/m0/s1. The van der Waals surface area contributed by atoms with Crippen molar-refractivity contribution in [3.63, 3.8) is 0 Å². The molecule has 1 saturated carbocycles. The molecule has 3 atom stereocenters. The Balaban J connectivity index is 1.59. The molecule has 7 nitrogen and oxygen atoms in total. The molecule has 2 heterocycles. The van der Waals surface area contributed by atoms with E-state index < -0.39 is 6.04 Å². The molecule has 1 aromatic heterocycles. The van der Waals surface area contributed by atoms with Gasteiger partial charge in [0.2, 0.25) is 11.8 Å². The second-order valence-electron chi connectivity index (χ2n) is 9.47. The van der Waals surface area contributed by atoms with E-state index >= 15 is 0 Å². The number of hydrogen-bond donors (Lipinski definition) is 3. The maximum Gasteiger partial charge on any atom is 0.242 e. The molecule has 0 radical (unpaired) electrons. The van der Waals surface area contributed by atoms with Gasteiger partial charge in [0.05, 0.1) is 6.54 Å². The van der Waals surface area contributed by atoms with Crippen molar-refractivity contribution in [1.82, 2.24) is 20.5 Å². The van der Waals surface area contributed by atoms with Crippen molar-refractivity contribution in [1.29, 1.82) is 0 Å². The number of amides is 2. The molecule has 1 aliphatic heterocycles. The number of hydrogen-bond acceptors (Lipinski definition) is 5. The number of piperidine rings is 1. The summed E-state index contributed by atoms with van der Waals surface area (Å²) in [6.07, 6.45) is 11.8. The first-order valence-corrected chi connectivity index (χ1v) is 12.0. The zero-order valence-electron chi connectivity index (χ0n) is 19.1. The second kappa shape index (κ2) is 11.5. The lowest BCUT2D eigenvalue weighted by atomic mass is 9.84. The monoisotopic (exact) mass is 429 g/mol. The number of nitrogen functional groups attached to an aromatic ring is 1. The average Bonchev–Trinajstić information content (AvgIpc) is 2.76. The molecule has 0 bridgehead atoms. The van der Waals surface area contributed by atoms with Gasteiger partial charge in [0, 0.05) is 24.8 Å². The van der Waals surface area contributed by atoms with Crippen LogP contribution in [0.15, 0.2) is 18.3 Å². The molecule has 2 aliphatic rings. The molecule has 1 aromatic rings. The predicted molar refractivity (Wildman–Crippen MR) is 123 cm³/mol. The second-order valence-corrected chi connectivity index (χ2v) is 9.47. The van der Waals surface area contributed by atoms with Crippen LogP contribution in [0.1, 0.15) is 77.2 Å². The Morgan fingerprint density at radius 3 is 2.45 bits per heavy atom. The van der Waals surface area contributed by atoms with Crippen molar-refractivity contribution in [2.45, 2.75) is 96.3 Å². The molecule has 3 rings (SSSR count). The highest BCUT2D eigenvalue weighted by Crippen LogP contribution is 2.27. The Hall–Kier alpha value is -2.15. The molecule has 1 saturated heterocycles. The van der Waals surface area contributed by atoms with E-state index in [4.69, 9.17) is 5.73 Å². The van der Waals surface area contributed by atoms with Crippen LogP contribution >= 0.6 is 0 Å². The van der Waals surface area contributed by atoms with Gasteiger partial charge >= 0.3 is 0 Å². The number of anilines is 1. The highest BCUT2D eigenvalue weighted by Gasteiger charge is 2.29. The minimum absolute atomic E-state index is 0.0503. The Kier molecular flexibility index (Phi) is 8.69. The Morgan fingerprint density at radius 2 is 1.81 bits per heavy atom. The summed E-state index contributed by atoms with van der Waals surface area (Å²) in [5, 5.41) is 6.06. The molecule has 2 fully saturated rings. The number of likely N-dealkylation sites (tertiary alicyclic amines) is 1. The Bertz CT molecular complexity index is 707. The quantitative estimate of drug-likeness (QED) is 0.590. The topological polar surface area (TPSA) is 100 Å². The first kappa shape index (κ1) is 23.5. The molecule has 2 amide bonds. The fourth-order valence-corrected chi connectivity index (χ4v) is 5.03. The molecule has 1 aliphatic carbocycles. The third-order valence-electron chi connectivity index (χ3n) is 6.96. The summed E-state index contributed by atoms with van der Waals surface area (Å²) >= 11 is 0. The molecule has 7 heteroatoms. The van der Waals surface area contributed by atoms with E-state index in [9.17, 15) is 9.59 Å². The van der Waals surface area contributed by atoms with Gasteiger partial charge in [-0.1, -0.05) is 44.6 Å². The normalized spacial score (nSPS) is 23.8. The average molecular weight is 430 g/mol. The number of aromatic nitrogens is 1. The van der Waals surface area contributed by atoms with Gasteiger partial charge in [0.1, 0.15) is 11.9 Å². The fourth-order valence-electron chi connectivity index (χ4n) is 5.03. The maximum absolute atomic E-state index is 13.0. The van der Waals surface area contributed by atoms with Crippen LogP contribution in [0.25, 0.3) is 0 Å². The van der Waals surface area contributed by atoms with E-state index in [1.807, 2.05) is 6.07 Å². The zero-order valence-corrected chi connectivity index (χ0v) is 19.1. The Morgan fingerprint density at radius 1 is 1.10 bits per heavy atom. The molecule has 31 heavy (non-hydrogen) atoms. The van der Waals surface area contributed by atoms with Crippen LogP contribution in [0.4, 0.5) is 5.82 Å². The number of rotatable bonds is 8. The van der Waals surface area contributed by atoms with E-state index in [0.717, 1.165) is 31.2 Å². The first-order valence-electron chi connectivity index (χ1n) is 12.0. The van der Waals surface area contributed by atoms with Crippen molar-refractivity contribution < 1.29 is 9.59 Å². The summed E-state index contributed by atoms with van der Waals surface area (Å²) in [5.74, 6) is 0.788. The van der Waals surface area contributed by atoms with Crippen LogP contribution in [0.2, 0.25) is 0 Å². The maximum atomic E-state index is 13.0. The van der Waals surface area contributed by atoms with Gasteiger partial charge in [-0.2, -0.15) is 0 Å². The lowest BCUT2D eigenvalue weighted by molar-refractivity contribution is -0.131. The van der Waals surface area contributed by atoms with E-state index in [-0.39, 0.29) is 11.8 Å². The van der Waals surface area contributed by atoms with E-state index in [0.29, 0.717) is 43.3 Å². The Labute approximate surface area is 186 Å². The molecular weight excluding hydrogens is 390 g/mol. The molecule has 2 unspecified atom stereocenters. The van der Waals surface area contributed by atoms with Gasteiger partial charge in [-0.3, -0.25) is 14.5 Å². The third kappa shape index (κ3) is 7.20. The molecule has 0 spiro atoms. The molecule has 172 valence electrons. The van der Waals surface area contributed by atoms with Crippen LogP contribution < -0.4 is 16.4 Å². The zero-order chi connectivity index (χ0) is 22.2. The highest BCUT2D eigenvalue weighted by molar-refractivity contribution is 5.88.